The van der Waals surface area contributed by atoms with Gasteiger partial charge in [-0.2, -0.15) is 0 Å². The smallest absolute Gasteiger partial charge is 0.325 e. The second-order valence-corrected chi connectivity index (χ2v) is 6.26. The van der Waals surface area contributed by atoms with E-state index in [1.807, 2.05) is 0 Å². The Morgan fingerprint density at radius 1 is 1.00 bits per heavy atom. The lowest BCUT2D eigenvalue weighted by molar-refractivity contribution is -0.142. The first kappa shape index (κ1) is 24.3. The fraction of sp³-hybridized carbons (Fsp3) is 0.688. The molecule has 0 heterocycles. The number of hydrogen-bond donors (Lipinski definition) is 6. The molecule has 0 radical (unpaired) electrons. The quantitative estimate of drug-likeness (QED) is 0.231. The van der Waals surface area contributed by atoms with E-state index in [2.05, 4.69) is 16.0 Å². The first-order valence-corrected chi connectivity index (χ1v) is 8.57. The standard InChI is InChI=1S/C16H28N4O7/c1-4-8(2)13(15(25)19-9(3)16(26)27)20-11(21)7-18-14(24)10(17)5-6-12(22)23/h8-10,13H,4-7,17H2,1-3H3,(H,18,24)(H,19,25)(H,20,21)(H,22,23)(H,26,27). The molecular formula is C16H28N4O7. The largest absolute Gasteiger partial charge is 0.481 e. The third kappa shape index (κ3) is 9.54. The number of aliphatic carboxylic acids is 2. The van der Waals surface area contributed by atoms with Crippen molar-refractivity contribution in [3.63, 3.8) is 0 Å². The zero-order valence-corrected chi connectivity index (χ0v) is 15.7. The van der Waals surface area contributed by atoms with Crippen molar-refractivity contribution in [3.8, 4) is 0 Å². The van der Waals surface area contributed by atoms with Crippen molar-refractivity contribution >= 4 is 29.7 Å². The van der Waals surface area contributed by atoms with Crippen LogP contribution in [0.3, 0.4) is 0 Å². The predicted molar refractivity (Wildman–Crippen MR) is 94.5 cm³/mol. The summed E-state index contributed by atoms with van der Waals surface area (Å²) in [6.45, 7) is 4.38. The minimum absolute atomic E-state index is 0.0756. The van der Waals surface area contributed by atoms with Gasteiger partial charge in [0.25, 0.3) is 0 Å². The van der Waals surface area contributed by atoms with Gasteiger partial charge in [-0.15, -0.1) is 0 Å². The average molecular weight is 388 g/mol. The van der Waals surface area contributed by atoms with Crippen molar-refractivity contribution < 1.29 is 34.2 Å². The van der Waals surface area contributed by atoms with E-state index in [9.17, 15) is 24.0 Å². The van der Waals surface area contributed by atoms with Gasteiger partial charge in [0.15, 0.2) is 0 Å². The van der Waals surface area contributed by atoms with E-state index in [1.54, 1.807) is 13.8 Å². The number of carboxylic acids is 2. The van der Waals surface area contributed by atoms with Crippen LogP contribution in [0, 0.1) is 5.92 Å². The molecule has 0 aromatic carbocycles. The van der Waals surface area contributed by atoms with Gasteiger partial charge in [0, 0.05) is 6.42 Å². The Bertz CT molecular complexity index is 567. The van der Waals surface area contributed by atoms with Crippen molar-refractivity contribution in [2.75, 3.05) is 6.54 Å². The van der Waals surface area contributed by atoms with Crippen LogP contribution < -0.4 is 21.7 Å². The van der Waals surface area contributed by atoms with Crippen LogP contribution >= 0.6 is 0 Å². The molecule has 0 aliphatic rings. The molecule has 0 fully saturated rings. The number of nitrogens with one attached hydrogen (secondary N) is 3. The highest BCUT2D eigenvalue weighted by Crippen LogP contribution is 2.08. The molecule has 0 rings (SSSR count). The highest BCUT2D eigenvalue weighted by atomic mass is 16.4. The van der Waals surface area contributed by atoms with Gasteiger partial charge in [-0.25, -0.2) is 0 Å². The van der Waals surface area contributed by atoms with E-state index in [4.69, 9.17) is 15.9 Å². The molecule has 0 aliphatic carbocycles. The van der Waals surface area contributed by atoms with E-state index >= 15 is 0 Å². The van der Waals surface area contributed by atoms with Crippen LogP contribution in [0.15, 0.2) is 0 Å². The van der Waals surface area contributed by atoms with Crippen molar-refractivity contribution in [1.29, 1.82) is 0 Å². The average Bonchev–Trinajstić information content (AvgIpc) is 2.60. The Hall–Kier alpha value is -2.69. The van der Waals surface area contributed by atoms with Crippen molar-refractivity contribution in [3.05, 3.63) is 0 Å². The number of carbonyl (C=O) groups is 5. The summed E-state index contributed by atoms with van der Waals surface area (Å²) in [7, 11) is 0. The highest BCUT2D eigenvalue weighted by molar-refractivity contribution is 5.92. The highest BCUT2D eigenvalue weighted by Gasteiger charge is 2.28. The van der Waals surface area contributed by atoms with Crippen LogP contribution in [0.5, 0.6) is 0 Å². The van der Waals surface area contributed by atoms with Gasteiger partial charge in [-0.05, 0) is 19.3 Å². The lowest BCUT2D eigenvalue weighted by Gasteiger charge is -2.24. The van der Waals surface area contributed by atoms with Gasteiger partial charge in [0.05, 0.1) is 12.6 Å². The molecule has 27 heavy (non-hydrogen) atoms. The van der Waals surface area contributed by atoms with Crippen LogP contribution in [0.25, 0.3) is 0 Å². The van der Waals surface area contributed by atoms with E-state index in [1.165, 1.54) is 6.92 Å². The summed E-state index contributed by atoms with van der Waals surface area (Å²) in [4.78, 5) is 57.3. The summed E-state index contributed by atoms with van der Waals surface area (Å²) in [5.74, 6) is -4.55. The SMILES string of the molecule is CCC(C)C(NC(=O)CNC(=O)C(N)CCC(=O)O)C(=O)NC(C)C(=O)O. The fourth-order valence-electron chi connectivity index (χ4n) is 2.00. The molecule has 4 atom stereocenters. The molecular weight excluding hydrogens is 360 g/mol. The number of nitrogens with two attached hydrogens (primary N) is 1. The van der Waals surface area contributed by atoms with E-state index in [0.29, 0.717) is 6.42 Å². The topological polar surface area (TPSA) is 188 Å². The zero-order chi connectivity index (χ0) is 21.1. The number of amides is 3. The van der Waals surface area contributed by atoms with Gasteiger partial charge in [0.1, 0.15) is 12.1 Å². The number of carbonyl (C=O) groups excluding carboxylic acids is 3. The third-order valence-electron chi connectivity index (χ3n) is 3.97. The molecule has 0 saturated heterocycles. The maximum Gasteiger partial charge on any atom is 0.325 e. The Kier molecular flexibility index (Phi) is 10.7. The normalized spacial score (nSPS) is 15.0. The number of hydrogen-bond acceptors (Lipinski definition) is 6. The molecule has 3 amide bonds. The van der Waals surface area contributed by atoms with Gasteiger partial charge in [-0.3, -0.25) is 24.0 Å². The first-order chi connectivity index (χ1) is 12.5. The molecule has 7 N–H and O–H groups in total. The van der Waals surface area contributed by atoms with E-state index < -0.39 is 54.3 Å². The van der Waals surface area contributed by atoms with Crippen LogP contribution in [-0.2, 0) is 24.0 Å². The summed E-state index contributed by atoms with van der Waals surface area (Å²) in [6.07, 6.45) is 0.193. The minimum atomic E-state index is -1.21. The monoisotopic (exact) mass is 388 g/mol. The Labute approximate surface area is 157 Å². The maximum absolute atomic E-state index is 12.2. The molecule has 11 nitrogen and oxygen atoms in total. The lowest BCUT2D eigenvalue weighted by Crippen LogP contribution is -2.55. The molecule has 0 bridgehead atoms. The summed E-state index contributed by atoms with van der Waals surface area (Å²) < 4.78 is 0. The minimum Gasteiger partial charge on any atom is -0.481 e. The second-order valence-electron chi connectivity index (χ2n) is 6.26. The van der Waals surface area contributed by atoms with Gasteiger partial charge in [0.2, 0.25) is 17.7 Å². The summed E-state index contributed by atoms with van der Waals surface area (Å²) >= 11 is 0. The van der Waals surface area contributed by atoms with Crippen molar-refractivity contribution in [2.24, 2.45) is 11.7 Å². The Morgan fingerprint density at radius 3 is 2.07 bits per heavy atom. The van der Waals surface area contributed by atoms with Crippen LogP contribution in [-0.4, -0.2) is 64.5 Å². The molecule has 0 aromatic heterocycles. The van der Waals surface area contributed by atoms with Crippen LogP contribution in [0.2, 0.25) is 0 Å². The third-order valence-corrected chi connectivity index (χ3v) is 3.97. The number of rotatable bonds is 12. The number of carboxylic acid groups (broad SMARTS) is 2. The fourth-order valence-corrected chi connectivity index (χ4v) is 2.00. The molecule has 154 valence electrons. The van der Waals surface area contributed by atoms with E-state index in [0.717, 1.165) is 0 Å². The maximum atomic E-state index is 12.2. The van der Waals surface area contributed by atoms with Gasteiger partial charge < -0.3 is 31.9 Å². The van der Waals surface area contributed by atoms with Crippen LogP contribution in [0.4, 0.5) is 0 Å². The molecule has 4 unspecified atom stereocenters. The second kappa shape index (κ2) is 11.8. The molecule has 0 aromatic rings. The molecule has 0 aliphatic heterocycles. The summed E-state index contributed by atoms with van der Waals surface area (Å²) in [5.41, 5.74) is 5.53. The zero-order valence-electron chi connectivity index (χ0n) is 15.7. The lowest BCUT2D eigenvalue weighted by atomic mass is 9.98. The molecule has 0 spiro atoms. The van der Waals surface area contributed by atoms with Crippen molar-refractivity contribution in [2.45, 2.75) is 58.2 Å². The Balaban J connectivity index is 4.68. The van der Waals surface area contributed by atoms with Gasteiger partial charge in [-0.1, -0.05) is 20.3 Å². The predicted octanol–water partition coefficient (Wildman–Crippen LogP) is -1.59. The first-order valence-electron chi connectivity index (χ1n) is 8.57. The van der Waals surface area contributed by atoms with E-state index in [-0.39, 0.29) is 18.8 Å². The van der Waals surface area contributed by atoms with Crippen molar-refractivity contribution in [1.82, 2.24) is 16.0 Å². The summed E-state index contributed by atoms with van der Waals surface area (Å²) in [6, 6.07) is -3.16. The Morgan fingerprint density at radius 2 is 1.59 bits per heavy atom. The van der Waals surface area contributed by atoms with Gasteiger partial charge >= 0.3 is 11.9 Å². The summed E-state index contributed by atoms with van der Waals surface area (Å²) in [5, 5.41) is 24.5. The van der Waals surface area contributed by atoms with Crippen LogP contribution in [0.1, 0.15) is 40.0 Å². The molecule has 0 saturated carbocycles. The molecule has 11 heteroatoms.